The van der Waals surface area contributed by atoms with Gasteiger partial charge in [-0.25, -0.2) is 17.9 Å². The Morgan fingerprint density at radius 1 is 1.53 bits per heavy atom. The summed E-state index contributed by atoms with van der Waals surface area (Å²) in [4.78, 5) is 0. The molecule has 17 heavy (non-hydrogen) atoms. The van der Waals surface area contributed by atoms with Gasteiger partial charge in [-0.15, -0.1) is 0 Å². The fourth-order valence-electron chi connectivity index (χ4n) is 1.32. The van der Waals surface area contributed by atoms with Gasteiger partial charge in [0.15, 0.2) is 0 Å². The number of primary sulfonamides is 1. The summed E-state index contributed by atoms with van der Waals surface area (Å²) >= 11 is 5.56. The van der Waals surface area contributed by atoms with Crippen LogP contribution in [-0.2, 0) is 10.0 Å². The van der Waals surface area contributed by atoms with Crippen molar-refractivity contribution in [3.63, 3.8) is 0 Å². The second-order valence-electron chi connectivity index (χ2n) is 3.72. The highest BCUT2D eigenvalue weighted by Crippen LogP contribution is 2.19. The molecule has 4 nitrogen and oxygen atoms in total. The number of hydrogen-bond acceptors (Lipinski definition) is 3. The van der Waals surface area contributed by atoms with Crippen LogP contribution in [0.5, 0.6) is 0 Å². The number of rotatable bonds is 5. The lowest BCUT2D eigenvalue weighted by atomic mass is 10.1. The first kappa shape index (κ1) is 14.4. The quantitative estimate of drug-likeness (QED) is 0.857. The molecule has 0 saturated heterocycles. The van der Waals surface area contributed by atoms with Gasteiger partial charge in [0, 0.05) is 12.6 Å². The average Bonchev–Trinajstić information content (AvgIpc) is 2.20. The van der Waals surface area contributed by atoms with Gasteiger partial charge >= 0.3 is 0 Å². The molecule has 7 heteroatoms. The molecule has 1 unspecified atom stereocenters. The van der Waals surface area contributed by atoms with E-state index in [0.717, 1.165) is 0 Å². The molecule has 1 aromatic carbocycles. The first-order chi connectivity index (χ1) is 7.79. The molecule has 0 aliphatic carbocycles. The molecule has 1 aromatic rings. The van der Waals surface area contributed by atoms with Crippen molar-refractivity contribution >= 4 is 21.6 Å². The van der Waals surface area contributed by atoms with Crippen LogP contribution >= 0.6 is 11.6 Å². The number of nitrogens with two attached hydrogens (primary N) is 1. The maximum Gasteiger partial charge on any atom is 0.210 e. The largest absolute Gasteiger partial charge is 0.309 e. The standard InChI is InChI=1S/C10H14ClFN2O2S/c1-7(14-4-5-17(13,15)16)8-2-3-9(11)10(12)6-8/h2-3,6-7,14H,4-5H2,1H3,(H2,13,15,16). The fourth-order valence-corrected chi connectivity index (χ4v) is 1.84. The molecule has 0 aliphatic heterocycles. The highest BCUT2D eigenvalue weighted by molar-refractivity contribution is 7.89. The molecular formula is C10H14ClFN2O2S. The van der Waals surface area contributed by atoms with Crippen LogP contribution in [0.2, 0.25) is 5.02 Å². The van der Waals surface area contributed by atoms with Gasteiger partial charge in [0.25, 0.3) is 0 Å². The van der Waals surface area contributed by atoms with Crippen molar-refractivity contribution in [3.8, 4) is 0 Å². The van der Waals surface area contributed by atoms with Crippen molar-refractivity contribution in [2.75, 3.05) is 12.3 Å². The van der Waals surface area contributed by atoms with Gasteiger partial charge in [-0.2, -0.15) is 0 Å². The molecule has 0 fully saturated rings. The predicted molar refractivity (Wildman–Crippen MR) is 65.8 cm³/mol. The minimum Gasteiger partial charge on any atom is -0.309 e. The number of sulfonamides is 1. The van der Waals surface area contributed by atoms with Crippen molar-refractivity contribution in [3.05, 3.63) is 34.6 Å². The average molecular weight is 281 g/mol. The van der Waals surface area contributed by atoms with Crippen LogP contribution in [0.15, 0.2) is 18.2 Å². The molecule has 96 valence electrons. The molecule has 0 bridgehead atoms. The second kappa shape index (κ2) is 5.77. The minimum atomic E-state index is -3.47. The van der Waals surface area contributed by atoms with E-state index in [-0.39, 0.29) is 23.4 Å². The van der Waals surface area contributed by atoms with E-state index >= 15 is 0 Å². The lowest BCUT2D eigenvalue weighted by Crippen LogP contribution is -2.28. The molecule has 1 atom stereocenters. The zero-order valence-electron chi connectivity index (χ0n) is 9.28. The summed E-state index contributed by atoms with van der Waals surface area (Å²) in [6.07, 6.45) is 0. The molecule has 3 N–H and O–H groups in total. The van der Waals surface area contributed by atoms with E-state index in [1.165, 1.54) is 12.1 Å². The molecular weight excluding hydrogens is 267 g/mol. The van der Waals surface area contributed by atoms with Gasteiger partial charge in [-0.1, -0.05) is 17.7 Å². The van der Waals surface area contributed by atoms with Crippen LogP contribution in [0, 0.1) is 5.82 Å². The molecule has 0 heterocycles. The third-order valence-corrected chi connectivity index (χ3v) is 3.36. The smallest absolute Gasteiger partial charge is 0.210 e. The van der Waals surface area contributed by atoms with Crippen molar-refractivity contribution in [1.29, 1.82) is 0 Å². The van der Waals surface area contributed by atoms with Crippen molar-refractivity contribution in [1.82, 2.24) is 5.32 Å². The Hall–Kier alpha value is -0.690. The lowest BCUT2D eigenvalue weighted by molar-refractivity contribution is 0.567. The van der Waals surface area contributed by atoms with Crippen LogP contribution in [0.1, 0.15) is 18.5 Å². The van der Waals surface area contributed by atoms with E-state index in [2.05, 4.69) is 5.32 Å². The van der Waals surface area contributed by atoms with Gasteiger partial charge in [0.2, 0.25) is 10.0 Å². The van der Waals surface area contributed by atoms with Crippen LogP contribution in [0.3, 0.4) is 0 Å². The van der Waals surface area contributed by atoms with Gasteiger partial charge in [0.05, 0.1) is 10.8 Å². The predicted octanol–water partition coefficient (Wildman–Crippen LogP) is 1.42. The zero-order chi connectivity index (χ0) is 13.1. The Labute approximate surface area is 105 Å². The SMILES string of the molecule is CC(NCCS(N)(=O)=O)c1ccc(Cl)c(F)c1. The summed E-state index contributed by atoms with van der Waals surface area (Å²) in [6, 6.07) is 4.28. The molecule has 0 aromatic heterocycles. The topological polar surface area (TPSA) is 72.2 Å². The monoisotopic (exact) mass is 280 g/mol. The Morgan fingerprint density at radius 3 is 2.71 bits per heavy atom. The first-order valence-corrected chi connectivity index (χ1v) is 7.08. The number of benzene rings is 1. The van der Waals surface area contributed by atoms with Gasteiger partial charge in [-0.05, 0) is 24.6 Å². The van der Waals surface area contributed by atoms with Crippen molar-refractivity contribution in [2.24, 2.45) is 5.14 Å². The normalized spacial score (nSPS) is 13.6. The highest BCUT2D eigenvalue weighted by Gasteiger charge is 2.09. The molecule has 0 saturated carbocycles. The molecule has 0 amide bonds. The third kappa shape index (κ3) is 4.99. The summed E-state index contributed by atoms with van der Waals surface area (Å²) in [7, 11) is -3.47. The Morgan fingerprint density at radius 2 is 2.18 bits per heavy atom. The molecule has 0 radical (unpaired) electrons. The molecule has 1 rings (SSSR count). The van der Waals surface area contributed by atoms with Crippen LogP contribution in [-0.4, -0.2) is 20.7 Å². The highest BCUT2D eigenvalue weighted by atomic mass is 35.5. The van der Waals surface area contributed by atoms with Crippen LogP contribution < -0.4 is 10.5 Å². The fraction of sp³-hybridized carbons (Fsp3) is 0.400. The van der Waals surface area contributed by atoms with E-state index in [9.17, 15) is 12.8 Å². The Kier molecular flexibility index (Phi) is 4.88. The Balaban J connectivity index is 2.58. The van der Waals surface area contributed by atoms with E-state index in [1.54, 1.807) is 13.0 Å². The van der Waals surface area contributed by atoms with Crippen LogP contribution in [0.25, 0.3) is 0 Å². The summed E-state index contributed by atoms with van der Waals surface area (Å²) in [5.41, 5.74) is 0.696. The van der Waals surface area contributed by atoms with E-state index in [1.807, 2.05) is 0 Å². The summed E-state index contributed by atoms with van der Waals surface area (Å²) in [5.74, 6) is -0.655. The number of hydrogen-bond donors (Lipinski definition) is 2. The molecule has 0 aliphatic rings. The first-order valence-electron chi connectivity index (χ1n) is 4.98. The third-order valence-electron chi connectivity index (χ3n) is 2.28. The van der Waals surface area contributed by atoms with E-state index in [4.69, 9.17) is 16.7 Å². The van der Waals surface area contributed by atoms with Gasteiger partial charge < -0.3 is 5.32 Å². The van der Waals surface area contributed by atoms with Crippen molar-refractivity contribution in [2.45, 2.75) is 13.0 Å². The summed E-state index contributed by atoms with van der Waals surface area (Å²) in [6.45, 7) is 2.01. The van der Waals surface area contributed by atoms with Gasteiger partial charge in [0.1, 0.15) is 5.82 Å². The minimum absolute atomic E-state index is 0.0606. The zero-order valence-corrected chi connectivity index (χ0v) is 10.9. The van der Waals surface area contributed by atoms with E-state index < -0.39 is 15.8 Å². The maximum absolute atomic E-state index is 13.2. The Bertz CT molecular complexity index is 493. The maximum atomic E-state index is 13.2. The summed E-state index contributed by atoms with van der Waals surface area (Å²) < 4.78 is 34.6. The molecule has 0 spiro atoms. The van der Waals surface area contributed by atoms with E-state index in [0.29, 0.717) is 5.56 Å². The van der Waals surface area contributed by atoms with Crippen LogP contribution in [0.4, 0.5) is 4.39 Å². The van der Waals surface area contributed by atoms with Crippen molar-refractivity contribution < 1.29 is 12.8 Å². The number of nitrogens with one attached hydrogen (secondary N) is 1. The lowest BCUT2D eigenvalue weighted by Gasteiger charge is -2.14. The number of halogens is 2. The van der Waals surface area contributed by atoms with Gasteiger partial charge in [-0.3, -0.25) is 0 Å². The second-order valence-corrected chi connectivity index (χ2v) is 5.86. The summed E-state index contributed by atoms with van der Waals surface area (Å²) in [5, 5.41) is 7.85.